The zero-order valence-corrected chi connectivity index (χ0v) is 11.3. The molecule has 102 valence electrons. The predicted molar refractivity (Wildman–Crippen MR) is 71.2 cm³/mol. The van der Waals surface area contributed by atoms with Crippen LogP contribution >= 0.6 is 11.3 Å². The van der Waals surface area contributed by atoms with Crippen LogP contribution in [-0.2, 0) is 6.54 Å². The van der Waals surface area contributed by atoms with Gasteiger partial charge in [0.05, 0.1) is 6.10 Å². The molecule has 0 aromatic carbocycles. The van der Waals surface area contributed by atoms with Crippen LogP contribution in [0.3, 0.4) is 0 Å². The molecule has 1 saturated heterocycles. The molecule has 0 spiro atoms. The van der Waals surface area contributed by atoms with Crippen LogP contribution in [0.4, 0.5) is 0 Å². The number of aromatic carboxylic acids is 1. The Balaban J connectivity index is 1.53. The lowest BCUT2D eigenvalue weighted by Gasteiger charge is -2.28. The number of thiophene rings is 1. The summed E-state index contributed by atoms with van der Waals surface area (Å²) in [5, 5.41) is 19.3. The van der Waals surface area contributed by atoms with Gasteiger partial charge in [-0.1, -0.05) is 0 Å². The van der Waals surface area contributed by atoms with E-state index in [4.69, 9.17) is 5.11 Å². The molecular weight excluding hydrogens is 262 g/mol. The molecule has 5 heteroatoms. The highest BCUT2D eigenvalue weighted by molar-refractivity contribution is 7.13. The second-order valence-electron chi connectivity index (χ2n) is 6.14. The van der Waals surface area contributed by atoms with E-state index in [9.17, 15) is 9.90 Å². The minimum absolute atomic E-state index is 0.164. The first-order valence-corrected chi connectivity index (χ1v) is 7.69. The molecule has 4 nitrogen and oxygen atoms in total. The van der Waals surface area contributed by atoms with Gasteiger partial charge in [0.2, 0.25) is 0 Å². The van der Waals surface area contributed by atoms with Gasteiger partial charge in [0.1, 0.15) is 4.88 Å². The maximum atomic E-state index is 10.9. The van der Waals surface area contributed by atoms with Crippen molar-refractivity contribution >= 4 is 17.3 Å². The smallest absolute Gasteiger partial charge is 0.345 e. The minimum atomic E-state index is -0.848. The number of aliphatic hydroxyl groups excluding tert-OH is 1. The van der Waals surface area contributed by atoms with E-state index in [0.29, 0.717) is 22.8 Å². The van der Waals surface area contributed by atoms with E-state index < -0.39 is 5.97 Å². The Morgan fingerprint density at radius 3 is 2.89 bits per heavy atom. The largest absolute Gasteiger partial charge is 0.477 e. The number of carbonyl (C=O) groups is 1. The van der Waals surface area contributed by atoms with Crippen LogP contribution in [0.25, 0.3) is 0 Å². The third-order valence-electron chi connectivity index (χ3n) is 5.18. The van der Waals surface area contributed by atoms with Gasteiger partial charge in [-0.15, -0.1) is 11.3 Å². The van der Waals surface area contributed by atoms with E-state index in [0.717, 1.165) is 23.9 Å². The lowest BCUT2D eigenvalue weighted by molar-refractivity contribution is 0.0487. The quantitative estimate of drug-likeness (QED) is 0.883. The highest BCUT2D eigenvalue weighted by atomic mass is 32.1. The number of hydrogen-bond donors (Lipinski definition) is 2. The monoisotopic (exact) mass is 279 g/mol. The molecule has 2 heterocycles. The number of aliphatic hydroxyl groups is 1. The molecular formula is C14H17NO3S. The number of carboxylic acids is 1. The molecule has 1 aromatic rings. The molecule has 2 bridgehead atoms. The normalized spacial score (nSPS) is 40.2. The molecule has 2 N–H and O–H groups in total. The Labute approximate surface area is 115 Å². The Morgan fingerprint density at radius 2 is 2.21 bits per heavy atom. The first-order chi connectivity index (χ1) is 9.13. The molecule has 2 aliphatic carbocycles. The van der Waals surface area contributed by atoms with E-state index in [1.54, 1.807) is 6.07 Å². The average Bonchev–Trinajstić information content (AvgIpc) is 3.03. The standard InChI is InChI=1S/C14H17NO3S/c16-13-7-3-8-5-15(12(13)10(8)4-7)6-9-1-2-11(19-9)14(17)18/h1-2,7-8,10,12-13,16H,3-6H2,(H,17,18). The molecule has 19 heavy (non-hydrogen) atoms. The second kappa shape index (κ2) is 4.04. The van der Waals surface area contributed by atoms with E-state index in [1.165, 1.54) is 24.2 Å². The lowest BCUT2D eigenvalue weighted by atomic mass is 9.88. The first-order valence-electron chi connectivity index (χ1n) is 6.87. The summed E-state index contributed by atoms with van der Waals surface area (Å²) in [5.41, 5.74) is 0. The molecule has 0 amide bonds. The summed E-state index contributed by atoms with van der Waals surface area (Å²) in [6.07, 6.45) is 2.21. The Hall–Kier alpha value is -0.910. The molecule has 5 atom stereocenters. The van der Waals surface area contributed by atoms with E-state index in [1.807, 2.05) is 6.07 Å². The van der Waals surface area contributed by atoms with E-state index >= 15 is 0 Å². The Kier molecular flexibility index (Phi) is 2.53. The molecule has 2 saturated carbocycles. The van der Waals surface area contributed by atoms with Gasteiger partial charge in [0.15, 0.2) is 0 Å². The van der Waals surface area contributed by atoms with Gasteiger partial charge in [-0.3, -0.25) is 4.90 Å². The summed E-state index contributed by atoms with van der Waals surface area (Å²) < 4.78 is 0. The molecule has 1 aromatic heterocycles. The molecule has 0 radical (unpaired) electrons. The van der Waals surface area contributed by atoms with Crippen LogP contribution < -0.4 is 0 Å². The van der Waals surface area contributed by atoms with Gasteiger partial charge in [0, 0.05) is 24.0 Å². The Bertz CT molecular complexity index is 527. The summed E-state index contributed by atoms with van der Waals surface area (Å²) in [6, 6.07) is 3.91. The van der Waals surface area contributed by atoms with Crippen molar-refractivity contribution in [2.45, 2.75) is 31.5 Å². The van der Waals surface area contributed by atoms with E-state index in [-0.39, 0.29) is 6.10 Å². The second-order valence-corrected chi connectivity index (χ2v) is 7.31. The van der Waals surface area contributed by atoms with Crippen molar-refractivity contribution in [1.82, 2.24) is 4.90 Å². The summed E-state index contributed by atoms with van der Waals surface area (Å²) in [6.45, 7) is 1.86. The van der Waals surface area contributed by atoms with Gasteiger partial charge in [-0.25, -0.2) is 4.79 Å². The maximum Gasteiger partial charge on any atom is 0.345 e. The van der Waals surface area contributed by atoms with Crippen LogP contribution in [0.15, 0.2) is 12.1 Å². The fraction of sp³-hybridized carbons (Fsp3) is 0.643. The molecule has 4 rings (SSSR count). The minimum Gasteiger partial charge on any atom is -0.477 e. The van der Waals surface area contributed by atoms with Gasteiger partial charge in [0.25, 0.3) is 0 Å². The van der Waals surface area contributed by atoms with Gasteiger partial charge < -0.3 is 10.2 Å². The lowest BCUT2D eigenvalue weighted by Crippen LogP contribution is -2.40. The van der Waals surface area contributed by atoms with Crippen LogP contribution in [0.5, 0.6) is 0 Å². The van der Waals surface area contributed by atoms with E-state index in [2.05, 4.69) is 4.90 Å². The van der Waals surface area contributed by atoms with Crippen molar-refractivity contribution in [3.8, 4) is 0 Å². The SMILES string of the molecule is O=C(O)c1ccc(CN2CC3CC4CC3C2C4O)s1. The van der Waals surface area contributed by atoms with Crippen LogP contribution in [0.1, 0.15) is 27.4 Å². The van der Waals surface area contributed by atoms with Crippen molar-refractivity contribution in [2.75, 3.05) is 6.54 Å². The third-order valence-corrected chi connectivity index (χ3v) is 6.24. The number of rotatable bonds is 3. The average molecular weight is 279 g/mol. The van der Waals surface area contributed by atoms with Crippen molar-refractivity contribution < 1.29 is 15.0 Å². The number of hydrogen-bond acceptors (Lipinski definition) is 4. The predicted octanol–water partition coefficient (Wildman–Crippen LogP) is 1.65. The summed E-state index contributed by atoms with van der Waals surface area (Å²) >= 11 is 1.36. The number of fused-ring (bicyclic) bond motifs is 1. The van der Waals surface area contributed by atoms with Crippen molar-refractivity contribution in [3.05, 3.63) is 21.9 Å². The number of nitrogens with zero attached hydrogens (tertiary/aromatic N) is 1. The first kappa shape index (κ1) is 11.9. The fourth-order valence-electron chi connectivity index (χ4n) is 4.50. The van der Waals surface area contributed by atoms with Gasteiger partial charge in [-0.2, -0.15) is 0 Å². The summed E-state index contributed by atoms with van der Waals surface area (Å²) in [7, 11) is 0. The summed E-state index contributed by atoms with van der Waals surface area (Å²) in [4.78, 5) is 14.8. The van der Waals surface area contributed by atoms with Crippen molar-refractivity contribution in [3.63, 3.8) is 0 Å². The fourth-order valence-corrected chi connectivity index (χ4v) is 5.37. The zero-order valence-electron chi connectivity index (χ0n) is 10.5. The third kappa shape index (κ3) is 1.68. The zero-order chi connectivity index (χ0) is 13.1. The van der Waals surface area contributed by atoms with Gasteiger partial charge >= 0.3 is 5.97 Å². The van der Waals surface area contributed by atoms with Crippen LogP contribution in [0, 0.1) is 17.8 Å². The summed E-state index contributed by atoms with van der Waals surface area (Å²) in [5.74, 6) is 1.11. The number of likely N-dealkylation sites (tertiary alicyclic amines) is 1. The topological polar surface area (TPSA) is 60.8 Å². The van der Waals surface area contributed by atoms with Crippen LogP contribution in [0.2, 0.25) is 0 Å². The van der Waals surface area contributed by atoms with Crippen molar-refractivity contribution in [2.24, 2.45) is 17.8 Å². The molecule has 5 unspecified atom stereocenters. The van der Waals surface area contributed by atoms with Crippen molar-refractivity contribution in [1.29, 1.82) is 0 Å². The molecule has 3 fully saturated rings. The highest BCUT2D eigenvalue weighted by Crippen LogP contribution is 2.55. The van der Waals surface area contributed by atoms with Crippen LogP contribution in [-0.4, -0.2) is 39.8 Å². The molecule has 3 aliphatic rings. The maximum absolute atomic E-state index is 10.9. The Morgan fingerprint density at radius 1 is 1.37 bits per heavy atom. The number of carboxylic acid groups (broad SMARTS) is 1. The van der Waals surface area contributed by atoms with Gasteiger partial charge in [-0.05, 0) is 42.7 Å². The highest BCUT2D eigenvalue weighted by Gasteiger charge is 2.58. The molecule has 1 aliphatic heterocycles.